The molecule has 1 N–H and O–H groups in total. The monoisotopic (exact) mass is 401 g/mol. The van der Waals surface area contributed by atoms with Gasteiger partial charge >= 0.3 is 0 Å². The second-order valence-corrected chi connectivity index (χ2v) is 6.81. The van der Waals surface area contributed by atoms with Crippen molar-refractivity contribution < 1.29 is 9.47 Å². The van der Waals surface area contributed by atoms with Crippen LogP contribution in [0.5, 0.6) is 11.5 Å². The van der Waals surface area contributed by atoms with Crippen LogP contribution >= 0.6 is 23.2 Å². The van der Waals surface area contributed by atoms with E-state index in [4.69, 9.17) is 32.7 Å². The van der Waals surface area contributed by atoms with Gasteiger partial charge < -0.3 is 14.8 Å². The van der Waals surface area contributed by atoms with Crippen molar-refractivity contribution in [3.05, 3.63) is 88.4 Å². The molecule has 0 radical (unpaired) electrons. The van der Waals surface area contributed by atoms with Gasteiger partial charge in [-0.2, -0.15) is 0 Å². The minimum absolute atomic E-state index is 0.487. The number of hydrogen-bond donors (Lipinski definition) is 1. The number of benzene rings is 3. The molecule has 0 aromatic heterocycles. The first-order chi connectivity index (χ1) is 13.2. The molecule has 0 heterocycles. The second-order valence-electron chi connectivity index (χ2n) is 5.96. The molecule has 0 atom stereocenters. The first-order valence-corrected chi connectivity index (χ1v) is 9.55. The van der Waals surface area contributed by atoms with E-state index in [0.717, 1.165) is 17.9 Å². The lowest BCUT2D eigenvalue weighted by atomic mass is 10.2. The van der Waals surface area contributed by atoms with E-state index in [1.807, 2.05) is 42.5 Å². The van der Waals surface area contributed by atoms with Gasteiger partial charge in [-0.25, -0.2) is 0 Å². The van der Waals surface area contributed by atoms with Crippen molar-refractivity contribution in [2.24, 2.45) is 0 Å². The van der Waals surface area contributed by atoms with Crippen LogP contribution in [0.3, 0.4) is 0 Å². The summed E-state index contributed by atoms with van der Waals surface area (Å²) in [5, 5.41) is 4.42. The molecule has 0 aliphatic heterocycles. The van der Waals surface area contributed by atoms with E-state index >= 15 is 0 Å². The summed E-state index contributed by atoms with van der Waals surface area (Å²) in [6, 6.07) is 23.4. The van der Waals surface area contributed by atoms with Crippen LogP contribution in [0.15, 0.2) is 72.8 Å². The summed E-state index contributed by atoms with van der Waals surface area (Å²) in [6.45, 7) is 1.78. The molecule has 3 aromatic rings. The largest absolute Gasteiger partial charge is 0.493 e. The van der Waals surface area contributed by atoms with Crippen LogP contribution < -0.4 is 14.8 Å². The van der Waals surface area contributed by atoms with Gasteiger partial charge in [0.05, 0.1) is 11.6 Å². The Kier molecular flexibility index (Phi) is 7.26. The lowest BCUT2D eigenvalue weighted by molar-refractivity contribution is 0.322. The van der Waals surface area contributed by atoms with Crippen molar-refractivity contribution in [2.45, 2.75) is 6.42 Å². The third-order valence-electron chi connectivity index (χ3n) is 3.92. The maximum absolute atomic E-state index is 6.09. The third kappa shape index (κ3) is 6.38. The van der Waals surface area contributed by atoms with Crippen molar-refractivity contribution in [2.75, 3.05) is 25.1 Å². The molecule has 0 spiro atoms. The minimum Gasteiger partial charge on any atom is -0.493 e. The molecule has 27 heavy (non-hydrogen) atoms. The zero-order valence-corrected chi connectivity index (χ0v) is 16.3. The predicted octanol–water partition coefficient (Wildman–Crippen LogP) is 6.11. The van der Waals surface area contributed by atoms with Crippen molar-refractivity contribution in [1.29, 1.82) is 0 Å². The first kappa shape index (κ1) is 19.4. The van der Waals surface area contributed by atoms with Crippen LogP contribution in [0.2, 0.25) is 10.0 Å². The molecule has 0 aliphatic carbocycles. The zero-order valence-electron chi connectivity index (χ0n) is 14.8. The summed E-state index contributed by atoms with van der Waals surface area (Å²) in [6.07, 6.45) is 0.883. The van der Waals surface area contributed by atoms with E-state index in [9.17, 15) is 0 Å². The molecule has 0 unspecified atom stereocenters. The fraction of sp³-hybridized carbons (Fsp3) is 0.182. The molecule has 0 bridgehead atoms. The molecule has 140 valence electrons. The Hall–Kier alpha value is -2.36. The normalized spacial score (nSPS) is 10.4. The van der Waals surface area contributed by atoms with E-state index in [2.05, 4.69) is 17.4 Å². The zero-order chi connectivity index (χ0) is 18.9. The highest BCUT2D eigenvalue weighted by Gasteiger charge is 2.02. The summed E-state index contributed by atoms with van der Waals surface area (Å²) >= 11 is 12.0. The molecule has 3 rings (SSSR count). The van der Waals surface area contributed by atoms with E-state index in [1.54, 1.807) is 18.2 Å². The van der Waals surface area contributed by atoms with Gasteiger partial charge in [-0.3, -0.25) is 0 Å². The molecular weight excluding hydrogens is 381 g/mol. The minimum atomic E-state index is 0.487. The molecule has 0 aliphatic rings. The smallest absolute Gasteiger partial charge is 0.138 e. The maximum Gasteiger partial charge on any atom is 0.138 e. The molecule has 3 aromatic carbocycles. The Bertz CT molecular complexity index is 856. The maximum atomic E-state index is 6.09. The fourth-order valence-electron chi connectivity index (χ4n) is 2.58. The van der Waals surface area contributed by atoms with Crippen LogP contribution in [0, 0.1) is 0 Å². The lowest BCUT2D eigenvalue weighted by Gasteiger charge is -2.11. The van der Waals surface area contributed by atoms with Gasteiger partial charge in [-0.05, 0) is 35.9 Å². The Balaban J connectivity index is 1.42. The van der Waals surface area contributed by atoms with Crippen LogP contribution in [0.1, 0.15) is 5.56 Å². The van der Waals surface area contributed by atoms with Crippen molar-refractivity contribution in [1.82, 2.24) is 0 Å². The molecule has 0 amide bonds. The van der Waals surface area contributed by atoms with E-state index < -0.39 is 0 Å². The van der Waals surface area contributed by atoms with Gasteiger partial charge in [-0.15, -0.1) is 0 Å². The van der Waals surface area contributed by atoms with Crippen molar-refractivity contribution in [3.8, 4) is 11.5 Å². The van der Waals surface area contributed by atoms with Crippen molar-refractivity contribution >= 4 is 28.9 Å². The summed E-state index contributed by atoms with van der Waals surface area (Å²) in [5.41, 5.74) is 2.25. The summed E-state index contributed by atoms with van der Waals surface area (Å²) < 4.78 is 11.5. The average Bonchev–Trinajstić information content (AvgIpc) is 2.68. The van der Waals surface area contributed by atoms with Crippen LogP contribution in [-0.2, 0) is 6.42 Å². The molecule has 0 saturated heterocycles. The highest BCUT2D eigenvalue weighted by atomic mass is 35.5. The topological polar surface area (TPSA) is 30.5 Å². The third-order valence-corrected chi connectivity index (χ3v) is 4.45. The molecule has 3 nitrogen and oxygen atoms in total. The van der Waals surface area contributed by atoms with E-state index in [0.29, 0.717) is 35.6 Å². The van der Waals surface area contributed by atoms with Gasteiger partial charge in [0, 0.05) is 29.7 Å². The van der Waals surface area contributed by atoms with Crippen LogP contribution in [0.4, 0.5) is 5.69 Å². The average molecular weight is 402 g/mol. The highest BCUT2D eigenvalue weighted by Crippen LogP contribution is 2.27. The van der Waals surface area contributed by atoms with Gasteiger partial charge in [-0.1, -0.05) is 59.6 Å². The molecular formula is C22H21Cl2NO2. The SMILES string of the molecule is Clc1ccc(OCCNc2cccc(OCCc3ccccc3)c2)c(Cl)c1. The van der Waals surface area contributed by atoms with Gasteiger partial charge in [0.1, 0.15) is 18.1 Å². The number of anilines is 1. The lowest BCUT2D eigenvalue weighted by Crippen LogP contribution is -2.11. The quantitative estimate of drug-likeness (QED) is 0.439. The Morgan fingerprint density at radius 2 is 1.63 bits per heavy atom. The van der Waals surface area contributed by atoms with Gasteiger partial charge in [0.2, 0.25) is 0 Å². The Morgan fingerprint density at radius 1 is 0.778 bits per heavy atom. The van der Waals surface area contributed by atoms with E-state index in [-0.39, 0.29) is 0 Å². The molecule has 0 fully saturated rings. The molecule has 5 heteroatoms. The number of nitrogens with one attached hydrogen (secondary N) is 1. The van der Waals surface area contributed by atoms with Crippen LogP contribution in [-0.4, -0.2) is 19.8 Å². The Morgan fingerprint density at radius 3 is 2.44 bits per heavy atom. The fourth-order valence-corrected chi connectivity index (χ4v) is 3.04. The van der Waals surface area contributed by atoms with E-state index in [1.165, 1.54) is 5.56 Å². The van der Waals surface area contributed by atoms with Gasteiger partial charge in [0.25, 0.3) is 0 Å². The summed E-state index contributed by atoms with van der Waals surface area (Å²) in [4.78, 5) is 0. The number of hydrogen-bond acceptors (Lipinski definition) is 3. The number of rotatable bonds is 9. The van der Waals surface area contributed by atoms with Crippen LogP contribution in [0.25, 0.3) is 0 Å². The molecule has 0 saturated carbocycles. The predicted molar refractivity (Wildman–Crippen MR) is 113 cm³/mol. The summed E-state index contributed by atoms with van der Waals surface area (Å²) in [5.74, 6) is 1.47. The highest BCUT2D eigenvalue weighted by molar-refractivity contribution is 6.35. The number of ether oxygens (including phenoxy) is 2. The Labute approximate surface area is 169 Å². The van der Waals surface area contributed by atoms with Crippen molar-refractivity contribution in [3.63, 3.8) is 0 Å². The standard InChI is InChI=1S/C22H21Cl2NO2/c23-18-9-10-22(21(24)15-18)27-14-12-25-19-7-4-8-20(16-19)26-13-11-17-5-2-1-3-6-17/h1-10,15-16,25H,11-14H2. The first-order valence-electron chi connectivity index (χ1n) is 8.79. The number of halogens is 2. The van der Waals surface area contributed by atoms with Gasteiger partial charge in [0.15, 0.2) is 0 Å². The summed E-state index contributed by atoms with van der Waals surface area (Å²) in [7, 11) is 0. The second kappa shape index (κ2) is 10.1.